The second kappa shape index (κ2) is 5.68. The van der Waals surface area contributed by atoms with Crippen molar-refractivity contribution in [1.29, 1.82) is 0 Å². The summed E-state index contributed by atoms with van der Waals surface area (Å²) in [6.45, 7) is 7.96. The average molecular weight is 240 g/mol. The topological polar surface area (TPSA) is 24.5 Å². The third kappa shape index (κ3) is 3.01. The number of ether oxygens (including phenoxy) is 1. The molecule has 17 heavy (non-hydrogen) atoms. The first kappa shape index (κ1) is 13.3. The van der Waals surface area contributed by atoms with Gasteiger partial charge in [0.1, 0.15) is 0 Å². The molecule has 2 aliphatic rings. The molecular weight excluding hydrogens is 212 g/mol. The van der Waals surface area contributed by atoms with Gasteiger partial charge < -0.3 is 10.1 Å². The lowest BCUT2D eigenvalue weighted by molar-refractivity contribution is 0.0854. The molecule has 0 aromatic rings. The third-order valence-corrected chi connectivity index (χ3v) is 4.47. The van der Waals surface area contributed by atoms with Crippen molar-refractivity contribution in [2.75, 3.05) is 26.8 Å². The van der Waals surface area contributed by atoms with Crippen LogP contribution in [0.15, 0.2) is 0 Å². The van der Waals surface area contributed by atoms with Gasteiger partial charge in [-0.15, -0.1) is 0 Å². The van der Waals surface area contributed by atoms with Gasteiger partial charge in [-0.05, 0) is 59.0 Å². The Hall–Kier alpha value is -0.120. The van der Waals surface area contributed by atoms with E-state index in [1.165, 1.54) is 38.6 Å². The van der Waals surface area contributed by atoms with Crippen molar-refractivity contribution < 1.29 is 4.74 Å². The monoisotopic (exact) mass is 240 g/mol. The fraction of sp³-hybridized carbons (Fsp3) is 1.00. The van der Waals surface area contributed by atoms with Crippen LogP contribution < -0.4 is 5.32 Å². The summed E-state index contributed by atoms with van der Waals surface area (Å²) in [7, 11) is 1.83. The molecule has 2 aliphatic heterocycles. The van der Waals surface area contributed by atoms with Crippen LogP contribution in [-0.2, 0) is 4.74 Å². The zero-order valence-corrected chi connectivity index (χ0v) is 11.7. The number of nitrogens with zero attached hydrogens (tertiary/aromatic N) is 1. The molecule has 2 unspecified atom stereocenters. The molecule has 0 radical (unpaired) electrons. The summed E-state index contributed by atoms with van der Waals surface area (Å²) < 4.78 is 5.45. The zero-order valence-electron chi connectivity index (χ0n) is 11.7. The smallest absolute Gasteiger partial charge is 0.0645 e. The van der Waals surface area contributed by atoms with E-state index < -0.39 is 0 Å². The molecule has 3 heteroatoms. The molecule has 2 saturated heterocycles. The maximum atomic E-state index is 5.45. The van der Waals surface area contributed by atoms with Gasteiger partial charge in [0.2, 0.25) is 0 Å². The predicted molar refractivity (Wildman–Crippen MR) is 71.3 cm³/mol. The highest BCUT2D eigenvalue weighted by atomic mass is 16.5. The van der Waals surface area contributed by atoms with Crippen LogP contribution in [0.4, 0.5) is 0 Å². The largest absolute Gasteiger partial charge is 0.383 e. The lowest BCUT2D eigenvalue weighted by Gasteiger charge is -2.36. The Bertz CT molecular complexity index is 236. The highest BCUT2D eigenvalue weighted by molar-refractivity contribution is 4.98. The first-order chi connectivity index (χ1) is 8.17. The molecule has 0 spiro atoms. The van der Waals surface area contributed by atoms with Gasteiger partial charge in [-0.1, -0.05) is 0 Å². The molecule has 0 saturated carbocycles. The lowest BCUT2D eigenvalue weighted by atomic mass is 9.89. The van der Waals surface area contributed by atoms with Crippen molar-refractivity contribution in [3.8, 4) is 0 Å². The van der Waals surface area contributed by atoms with Crippen LogP contribution in [-0.4, -0.2) is 49.3 Å². The first-order valence-corrected chi connectivity index (χ1v) is 7.16. The summed E-state index contributed by atoms with van der Waals surface area (Å²) in [5.74, 6) is 0. The minimum absolute atomic E-state index is 0.261. The van der Waals surface area contributed by atoms with E-state index in [1.807, 2.05) is 7.11 Å². The van der Waals surface area contributed by atoms with Crippen molar-refractivity contribution in [2.24, 2.45) is 0 Å². The average Bonchev–Trinajstić information content (AvgIpc) is 2.89. The van der Waals surface area contributed by atoms with E-state index in [9.17, 15) is 0 Å². The molecule has 0 aromatic heterocycles. The standard InChI is InChI=1S/C14H28N2O/c1-12(2)16-9-4-6-13(16)10-14(11-17-3)7-5-8-15-14/h12-13,15H,4-11H2,1-3H3. The molecule has 3 nitrogen and oxygen atoms in total. The lowest BCUT2D eigenvalue weighted by Crippen LogP contribution is -2.49. The quantitative estimate of drug-likeness (QED) is 0.795. The minimum atomic E-state index is 0.261. The number of methoxy groups -OCH3 is 1. The molecule has 0 amide bonds. The molecule has 2 fully saturated rings. The van der Waals surface area contributed by atoms with Gasteiger partial charge in [-0.25, -0.2) is 0 Å². The van der Waals surface area contributed by atoms with E-state index in [0.717, 1.165) is 19.2 Å². The van der Waals surface area contributed by atoms with Crippen molar-refractivity contribution >= 4 is 0 Å². The van der Waals surface area contributed by atoms with Crippen LogP contribution in [0.3, 0.4) is 0 Å². The van der Waals surface area contributed by atoms with Crippen molar-refractivity contribution in [2.45, 2.75) is 63.6 Å². The van der Waals surface area contributed by atoms with Gasteiger partial charge in [0.25, 0.3) is 0 Å². The Morgan fingerprint density at radius 3 is 2.82 bits per heavy atom. The molecule has 0 aromatic carbocycles. The summed E-state index contributed by atoms with van der Waals surface area (Å²) in [6, 6.07) is 1.44. The van der Waals surface area contributed by atoms with Gasteiger partial charge in [-0.2, -0.15) is 0 Å². The van der Waals surface area contributed by atoms with Gasteiger partial charge >= 0.3 is 0 Å². The summed E-state index contributed by atoms with van der Waals surface area (Å²) in [5, 5.41) is 3.71. The summed E-state index contributed by atoms with van der Waals surface area (Å²) >= 11 is 0. The molecule has 100 valence electrons. The van der Waals surface area contributed by atoms with Crippen LogP contribution in [0.25, 0.3) is 0 Å². The second-order valence-electron chi connectivity index (χ2n) is 6.08. The number of likely N-dealkylation sites (tertiary alicyclic amines) is 1. The SMILES string of the molecule is COCC1(CC2CCCN2C(C)C)CCCN1. The van der Waals surface area contributed by atoms with Crippen molar-refractivity contribution in [1.82, 2.24) is 10.2 Å². The summed E-state index contributed by atoms with van der Waals surface area (Å²) in [5.41, 5.74) is 0.261. The highest BCUT2D eigenvalue weighted by Gasteiger charge is 2.39. The maximum Gasteiger partial charge on any atom is 0.0645 e. The molecule has 1 N–H and O–H groups in total. The minimum Gasteiger partial charge on any atom is -0.383 e. The van der Waals surface area contributed by atoms with Crippen LogP contribution in [0.5, 0.6) is 0 Å². The second-order valence-corrected chi connectivity index (χ2v) is 6.08. The van der Waals surface area contributed by atoms with Crippen molar-refractivity contribution in [3.05, 3.63) is 0 Å². The molecule has 0 bridgehead atoms. The van der Waals surface area contributed by atoms with E-state index in [4.69, 9.17) is 4.74 Å². The number of nitrogens with one attached hydrogen (secondary N) is 1. The predicted octanol–water partition coefficient (Wildman–Crippen LogP) is 2.02. The zero-order chi connectivity index (χ0) is 12.3. The highest BCUT2D eigenvalue weighted by Crippen LogP contribution is 2.32. The fourth-order valence-electron chi connectivity index (χ4n) is 3.71. The summed E-state index contributed by atoms with van der Waals surface area (Å²) in [6.07, 6.45) is 6.58. The number of hydrogen-bond acceptors (Lipinski definition) is 3. The molecule has 2 rings (SSSR count). The van der Waals surface area contributed by atoms with Gasteiger partial charge in [0.15, 0.2) is 0 Å². The number of hydrogen-bond donors (Lipinski definition) is 1. The van der Waals surface area contributed by atoms with Crippen LogP contribution >= 0.6 is 0 Å². The molecular formula is C14H28N2O. The third-order valence-electron chi connectivity index (χ3n) is 4.47. The maximum absolute atomic E-state index is 5.45. The van der Waals surface area contributed by atoms with E-state index in [0.29, 0.717) is 6.04 Å². The Kier molecular flexibility index (Phi) is 4.45. The van der Waals surface area contributed by atoms with Crippen LogP contribution in [0.1, 0.15) is 46.0 Å². The Morgan fingerprint density at radius 2 is 2.24 bits per heavy atom. The molecule has 2 atom stereocenters. The van der Waals surface area contributed by atoms with Gasteiger partial charge in [0.05, 0.1) is 6.61 Å². The fourth-order valence-corrected chi connectivity index (χ4v) is 3.71. The van der Waals surface area contributed by atoms with Crippen molar-refractivity contribution in [3.63, 3.8) is 0 Å². The van der Waals surface area contributed by atoms with Crippen LogP contribution in [0.2, 0.25) is 0 Å². The van der Waals surface area contributed by atoms with Gasteiger partial charge in [0, 0.05) is 24.7 Å². The van der Waals surface area contributed by atoms with E-state index in [2.05, 4.69) is 24.1 Å². The normalized spacial score (nSPS) is 34.9. The molecule has 2 heterocycles. The Morgan fingerprint density at radius 1 is 1.41 bits per heavy atom. The number of rotatable bonds is 5. The Balaban J connectivity index is 1.97. The van der Waals surface area contributed by atoms with E-state index in [-0.39, 0.29) is 5.54 Å². The van der Waals surface area contributed by atoms with Crippen LogP contribution in [0, 0.1) is 0 Å². The Labute approximate surface area is 106 Å². The molecule has 0 aliphatic carbocycles. The first-order valence-electron chi connectivity index (χ1n) is 7.16. The van der Waals surface area contributed by atoms with E-state index >= 15 is 0 Å². The van der Waals surface area contributed by atoms with E-state index in [1.54, 1.807) is 0 Å². The van der Waals surface area contributed by atoms with Gasteiger partial charge in [-0.3, -0.25) is 4.90 Å². The summed E-state index contributed by atoms with van der Waals surface area (Å²) in [4.78, 5) is 2.68.